The predicted octanol–water partition coefficient (Wildman–Crippen LogP) is 5.45. The third-order valence-corrected chi connectivity index (χ3v) is 6.50. The fourth-order valence-electron chi connectivity index (χ4n) is 4.40. The molecule has 0 aliphatic carbocycles. The van der Waals surface area contributed by atoms with Gasteiger partial charge in [0.1, 0.15) is 5.84 Å². The molecule has 7 nitrogen and oxygen atoms in total. The Bertz CT molecular complexity index is 1320. The average Bonchev–Trinajstić information content (AvgIpc) is 3.23. The molecule has 2 aromatic heterocycles. The Labute approximate surface area is 215 Å². The minimum Gasteiger partial charge on any atom is -0.481 e. The first kappa shape index (κ1) is 26.2. The predicted molar refractivity (Wildman–Crippen MR) is 144 cm³/mol. The number of alkyl halides is 2. The zero-order valence-electron chi connectivity index (χ0n) is 21.3. The molecule has 194 valence electrons. The van der Waals surface area contributed by atoms with Crippen molar-refractivity contribution in [3.63, 3.8) is 0 Å². The average molecular weight is 507 g/mol. The van der Waals surface area contributed by atoms with Crippen molar-refractivity contribution >= 4 is 22.8 Å². The summed E-state index contributed by atoms with van der Waals surface area (Å²) in [4.78, 5) is 14.9. The van der Waals surface area contributed by atoms with Gasteiger partial charge in [0, 0.05) is 60.4 Å². The van der Waals surface area contributed by atoms with Gasteiger partial charge in [-0.25, -0.2) is 18.8 Å². The lowest BCUT2D eigenvalue weighted by Gasteiger charge is -2.17. The lowest BCUT2D eigenvalue weighted by molar-refractivity contribution is 0.0115. The van der Waals surface area contributed by atoms with Crippen molar-refractivity contribution in [1.29, 1.82) is 0 Å². The number of anilines is 1. The molecule has 4 N–H and O–H groups in total. The summed E-state index contributed by atoms with van der Waals surface area (Å²) in [6.45, 7) is 4.62. The quantitative estimate of drug-likeness (QED) is 0.239. The van der Waals surface area contributed by atoms with E-state index in [1.807, 2.05) is 38.1 Å². The van der Waals surface area contributed by atoms with Crippen LogP contribution in [0.1, 0.15) is 37.8 Å². The number of aromatic nitrogens is 2. The minimum absolute atomic E-state index is 0.108. The molecule has 0 unspecified atom stereocenters. The molecule has 1 fully saturated rings. The van der Waals surface area contributed by atoms with Gasteiger partial charge in [0.15, 0.2) is 0 Å². The Hall–Kier alpha value is -3.85. The second kappa shape index (κ2) is 11.0. The number of nitrogen functional groups attached to an aromatic ring is 1. The van der Waals surface area contributed by atoms with Crippen molar-refractivity contribution < 1.29 is 13.5 Å². The van der Waals surface area contributed by atoms with Gasteiger partial charge >= 0.3 is 0 Å². The Morgan fingerprint density at radius 3 is 2.59 bits per heavy atom. The SMILES string of the molecule is CCC(C)=C(C(N)=Nc1ccc(OC)nc1)c1cc(-c2cncc(CN3CCC(F)(F)C3)c2)ccc1N. The first-order valence-corrected chi connectivity index (χ1v) is 12.2. The normalized spacial score (nSPS) is 16.5. The maximum Gasteiger partial charge on any atom is 0.261 e. The van der Waals surface area contributed by atoms with E-state index in [0.717, 1.165) is 39.8 Å². The van der Waals surface area contributed by atoms with Crippen LogP contribution in [0.2, 0.25) is 0 Å². The zero-order valence-corrected chi connectivity index (χ0v) is 21.3. The van der Waals surface area contributed by atoms with Crippen LogP contribution in [0.4, 0.5) is 20.2 Å². The molecule has 1 aliphatic rings. The summed E-state index contributed by atoms with van der Waals surface area (Å²) in [5.74, 6) is -1.80. The topological polar surface area (TPSA) is 103 Å². The maximum atomic E-state index is 13.6. The number of amidine groups is 1. The van der Waals surface area contributed by atoms with E-state index >= 15 is 0 Å². The van der Waals surface area contributed by atoms with Gasteiger partial charge in [-0.2, -0.15) is 0 Å². The summed E-state index contributed by atoms with van der Waals surface area (Å²) in [7, 11) is 1.55. The summed E-state index contributed by atoms with van der Waals surface area (Å²) in [5.41, 5.74) is 19.3. The Morgan fingerprint density at radius 1 is 1.14 bits per heavy atom. The van der Waals surface area contributed by atoms with Gasteiger partial charge in [-0.15, -0.1) is 0 Å². The van der Waals surface area contributed by atoms with Crippen LogP contribution in [0.25, 0.3) is 16.7 Å². The molecule has 1 saturated heterocycles. The van der Waals surface area contributed by atoms with Crippen molar-refractivity contribution in [2.45, 2.75) is 39.2 Å². The molecule has 0 radical (unpaired) electrons. The molecule has 37 heavy (non-hydrogen) atoms. The van der Waals surface area contributed by atoms with E-state index in [1.54, 1.807) is 42.7 Å². The Kier molecular flexibility index (Phi) is 7.83. The molecule has 1 aromatic carbocycles. The zero-order chi connectivity index (χ0) is 26.6. The van der Waals surface area contributed by atoms with Gasteiger partial charge in [-0.3, -0.25) is 9.88 Å². The molecule has 0 bridgehead atoms. The molecular weight excluding hydrogens is 474 g/mol. The third-order valence-electron chi connectivity index (χ3n) is 6.50. The number of halogens is 2. The Balaban J connectivity index is 1.67. The highest BCUT2D eigenvalue weighted by molar-refractivity contribution is 6.24. The number of likely N-dealkylation sites (tertiary alicyclic amines) is 1. The van der Waals surface area contributed by atoms with Crippen LogP contribution in [0.3, 0.4) is 0 Å². The van der Waals surface area contributed by atoms with Crippen LogP contribution in [-0.2, 0) is 6.54 Å². The van der Waals surface area contributed by atoms with Crippen LogP contribution >= 0.6 is 0 Å². The summed E-state index contributed by atoms with van der Waals surface area (Å²) >= 11 is 0. The standard InChI is InChI=1S/C28H32F2N6O/c1-4-18(2)26(27(32)35-22-6-8-25(37-3)34-15-22)23-12-20(5-7-24(23)31)21-11-19(13-33-14-21)16-36-10-9-28(29,30)17-36/h5-8,11-15H,4,9-10,16-17,31H2,1-3H3,(H2,32,35). The smallest absolute Gasteiger partial charge is 0.261 e. The molecule has 3 aromatic rings. The minimum atomic E-state index is -2.62. The van der Waals surface area contributed by atoms with Crippen LogP contribution in [0.15, 0.2) is 65.6 Å². The number of aliphatic imine (C=N–C) groups is 1. The largest absolute Gasteiger partial charge is 0.481 e. The van der Waals surface area contributed by atoms with Gasteiger partial charge in [0.2, 0.25) is 5.88 Å². The number of pyridine rings is 2. The molecule has 0 amide bonds. The van der Waals surface area contributed by atoms with Crippen LogP contribution in [-0.4, -0.2) is 46.8 Å². The van der Waals surface area contributed by atoms with Gasteiger partial charge in [-0.1, -0.05) is 18.6 Å². The van der Waals surface area contributed by atoms with Gasteiger partial charge in [-0.05, 0) is 48.7 Å². The Morgan fingerprint density at radius 2 is 1.95 bits per heavy atom. The molecule has 0 saturated carbocycles. The molecule has 0 spiro atoms. The van der Waals surface area contributed by atoms with Crippen molar-refractivity contribution in [2.75, 3.05) is 25.9 Å². The third kappa shape index (κ3) is 6.29. The summed E-state index contributed by atoms with van der Waals surface area (Å²) in [6, 6.07) is 11.2. The number of ether oxygens (including phenoxy) is 1. The first-order chi connectivity index (χ1) is 17.7. The van der Waals surface area contributed by atoms with E-state index in [0.29, 0.717) is 36.2 Å². The number of hydrogen-bond donors (Lipinski definition) is 2. The lowest BCUT2D eigenvalue weighted by Crippen LogP contribution is -2.24. The van der Waals surface area contributed by atoms with Gasteiger partial charge in [0.25, 0.3) is 5.92 Å². The highest BCUT2D eigenvalue weighted by Crippen LogP contribution is 2.33. The van der Waals surface area contributed by atoms with Crippen molar-refractivity contribution in [1.82, 2.24) is 14.9 Å². The van der Waals surface area contributed by atoms with Gasteiger partial charge < -0.3 is 16.2 Å². The van der Waals surface area contributed by atoms with E-state index in [1.165, 1.54) is 0 Å². The number of nitrogens with zero attached hydrogens (tertiary/aromatic N) is 4. The fourth-order valence-corrected chi connectivity index (χ4v) is 4.40. The monoisotopic (exact) mass is 506 g/mol. The summed E-state index contributed by atoms with van der Waals surface area (Å²) in [6.07, 6.45) is 5.72. The molecule has 1 aliphatic heterocycles. The number of benzene rings is 1. The summed E-state index contributed by atoms with van der Waals surface area (Å²) < 4.78 is 32.4. The van der Waals surface area contributed by atoms with E-state index in [2.05, 4.69) is 15.0 Å². The highest BCUT2D eigenvalue weighted by atomic mass is 19.3. The fraction of sp³-hybridized carbons (Fsp3) is 0.321. The van der Waals surface area contributed by atoms with E-state index in [-0.39, 0.29) is 13.0 Å². The molecule has 0 atom stereocenters. The number of hydrogen-bond acceptors (Lipinski definition) is 6. The van der Waals surface area contributed by atoms with Crippen LogP contribution < -0.4 is 16.2 Å². The maximum absolute atomic E-state index is 13.6. The molecular formula is C28H32F2N6O. The van der Waals surface area contributed by atoms with E-state index < -0.39 is 5.92 Å². The van der Waals surface area contributed by atoms with Gasteiger partial charge in [0.05, 0.1) is 25.5 Å². The first-order valence-electron chi connectivity index (χ1n) is 12.2. The van der Waals surface area contributed by atoms with Crippen molar-refractivity contribution in [2.24, 2.45) is 10.7 Å². The van der Waals surface area contributed by atoms with E-state index in [9.17, 15) is 8.78 Å². The van der Waals surface area contributed by atoms with Crippen molar-refractivity contribution in [3.8, 4) is 17.0 Å². The number of nitrogens with two attached hydrogens (primary N) is 2. The van der Waals surface area contributed by atoms with E-state index in [4.69, 9.17) is 16.2 Å². The second-order valence-electron chi connectivity index (χ2n) is 9.27. The van der Waals surface area contributed by atoms with Crippen molar-refractivity contribution in [3.05, 3.63) is 71.7 Å². The molecule has 4 rings (SSSR count). The number of methoxy groups -OCH3 is 1. The van der Waals surface area contributed by atoms with Crippen LogP contribution in [0.5, 0.6) is 5.88 Å². The second-order valence-corrected chi connectivity index (χ2v) is 9.27. The number of allylic oxidation sites excluding steroid dienone is 1. The van der Waals surface area contributed by atoms with Crippen LogP contribution in [0, 0.1) is 0 Å². The number of rotatable bonds is 8. The molecule has 9 heteroatoms. The lowest BCUT2D eigenvalue weighted by atomic mass is 9.93. The summed E-state index contributed by atoms with van der Waals surface area (Å²) in [5, 5.41) is 0. The highest BCUT2D eigenvalue weighted by Gasteiger charge is 2.37. The molecule has 3 heterocycles.